The minimum absolute atomic E-state index is 0.00900. The van der Waals surface area contributed by atoms with Crippen molar-refractivity contribution >= 4 is 5.82 Å². The lowest BCUT2D eigenvalue weighted by Crippen LogP contribution is -2.31. The van der Waals surface area contributed by atoms with Crippen LogP contribution in [-0.2, 0) is 4.74 Å². The van der Waals surface area contributed by atoms with E-state index >= 15 is 0 Å². The molecule has 3 N–H and O–H groups in total. The lowest BCUT2D eigenvalue weighted by molar-refractivity contribution is -0.102. The van der Waals surface area contributed by atoms with Gasteiger partial charge in [0, 0.05) is 6.20 Å². The van der Waals surface area contributed by atoms with Crippen molar-refractivity contribution in [2.45, 2.75) is 24.7 Å². The Morgan fingerprint density at radius 2 is 2.41 bits per heavy atom. The quantitative estimate of drug-likeness (QED) is 0.751. The number of rotatable bonds is 2. The maximum atomic E-state index is 13.3. The third-order valence-electron chi connectivity index (χ3n) is 2.57. The molecule has 0 aromatic carbocycles. The maximum Gasteiger partial charge on any atom is 0.351 e. The summed E-state index contributed by atoms with van der Waals surface area (Å²) >= 11 is 0. The highest BCUT2D eigenvalue weighted by Crippen LogP contribution is 2.39. The molecule has 94 valence electrons. The Bertz CT molecular complexity index is 477. The van der Waals surface area contributed by atoms with Gasteiger partial charge >= 0.3 is 5.69 Å². The number of halogens is 2. The van der Waals surface area contributed by atoms with E-state index in [9.17, 15) is 13.6 Å². The van der Waals surface area contributed by atoms with Gasteiger partial charge in [0.25, 0.3) is 5.92 Å². The van der Waals surface area contributed by atoms with Crippen molar-refractivity contribution in [1.82, 2.24) is 9.55 Å². The molecular weight excluding hydrogens is 236 g/mol. The molecule has 0 saturated carbocycles. The highest BCUT2D eigenvalue weighted by Gasteiger charge is 2.50. The van der Waals surface area contributed by atoms with Crippen LogP contribution < -0.4 is 11.4 Å². The van der Waals surface area contributed by atoms with Gasteiger partial charge in [-0.05, 0) is 6.07 Å². The molecule has 1 aliphatic heterocycles. The van der Waals surface area contributed by atoms with E-state index in [1.54, 1.807) is 0 Å². The van der Waals surface area contributed by atoms with Crippen molar-refractivity contribution in [3.63, 3.8) is 0 Å². The fourth-order valence-corrected chi connectivity index (χ4v) is 1.69. The largest absolute Gasteiger partial charge is 0.393 e. The molecule has 0 aliphatic carbocycles. The molecule has 0 radical (unpaired) electrons. The first kappa shape index (κ1) is 11.9. The lowest BCUT2D eigenvalue weighted by Gasteiger charge is -2.14. The zero-order valence-electron chi connectivity index (χ0n) is 8.72. The Balaban J connectivity index is 2.29. The third-order valence-corrected chi connectivity index (χ3v) is 2.57. The SMILES string of the molecule is Nc1ccn([C@H]2CC(F)(F)[C@@H](CO)O2)c(=O)n1. The molecule has 1 aromatic heterocycles. The molecule has 1 saturated heterocycles. The summed E-state index contributed by atoms with van der Waals surface area (Å²) in [6, 6.07) is 1.31. The van der Waals surface area contributed by atoms with Crippen LogP contribution in [0.3, 0.4) is 0 Å². The van der Waals surface area contributed by atoms with Crippen LogP contribution in [0.1, 0.15) is 12.6 Å². The Labute approximate surface area is 94.6 Å². The van der Waals surface area contributed by atoms with Crippen LogP contribution in [0.4, 0.5) is 14.6 Å². The zero-order valence-corrected chi connectivity index (χ0v) is 8.72. The second kappa shape index (κ2) is 4.04. The van der Waals surface area contributed by atoms with Crippen LogP contribution in [-0.4, -0.2) is 33.3 Å². The molecule has 17 heavy (non-hydrogen) atoms. The minimum atomic E-state index is -3.17. The summed E-state index contributed by atoms with van der Waals surface area (Å²) < 4.78 is 32.5. The number of aliphatic hydroxyl groups is 1. The normalized spacial score (nSPS) is 27.2. The number of hydrogen-bond acceptors (Lipinski definition) is 5. The number of hydrogen-bond donors (Lipinski definition) is 2. The van der Waals surface area contributed by atoms with E-state index in [0.29, 0.717) is 0 Å². The average molecular weight is 247 g/mol. The van der Waals surface area contributed by atoms with E-state index < -0.39 is 37.0 Å². The molecular formula is C9H11F2N3O3. The van der Waals surface area contributed by atoms with Crippen molar-refractivity contribution in [2.75, 3.05) is 12.3 Å². The van der Waals surface area contributed by atoms with Crippen LogP contribution >= 0.6 is 0 Å². The summed E-state index contributed by atoms with van der Waals surface area (Å²) in [7, 11) is 0. The summed E-state index contributed by atoms with van der Waals surface area (Å²) in [4.78, 5) is 14.8. The zero-order chi connectivity index (χ0) is 12.6. The summed E-state index contributed by atoms with van der Waals surface area (Å²) in [6.45, 7) is -0.805. The van der Waals surface area contributed by atoms with Gasteiger partial charge in [0.1, 0.15) is 18.1 Å². The van der Waals surface area contributed by atoms with Gasteiger partial charge in [-0.15, -0.1) is 0 Å². The third kappa shape index (κ3) is 2.13. The summed E-state index contributed by atoms with van der Waals surface area (Å²) in [5.74, 6) is -3.16. The van der Waals surface area contributed by atoms with Gasteiger partial charge in [-0.3, -0.25) is 4.57 Å². The first-order chi connectivity index (χ1) is 7.94. The number of alkyl halides is 2. The molecule has 0 amide bonds. The molecule has 1 aromatic rings. The summed E-state index contributed by atoms with van der Waals surface area (Å²) in [5.41, 5.74) is 4.52. The van der Waals surface area contributed by atoms with Gasteiger partial charge in [0.05, 0.1) is 13.0 Å². The number of aromatic nitrogens is 2. The van der Waals surface area contributed by atoms with E-state index in [1.165, 1.54) is 12.3 Å². The van der Waals surface area contributed by atoms with E-state index in [1.807, 2.05) is 0 Å². The first-order valence-electron chi connectivity index (χ1n) is 4.93. The van der Waals surface area contributed by atoms with Crippen LogP contribution in [0.15, 0.2) is 17.1 Å². The fraction of sp³-hybridized carbons (Fsp3) is 0.556. The highest BCUT2D eigenvalue weighted by molar-refractivity contribution is 5.23. The molecule has 2 heterocycles. The van der Waals surface area contributed by atoms with Crippen molar-refractivity contribution in [2.24, 2.45) is 0 Å². The van der Waals surface area contributed by atoms with Gasteiger partial charge in [0.15, 0.2) is 0 Å². The van der Waals surface area contributed by atoms with Gasteiger partial charge in [-0.25, -0.2) is 13.6 Å². The first-order valence-corrected chi connectivity index (χ1v) is 4.93. The second-order valence-corrected chi connectivity index (χ2v) is 3.77. The van der Waals surface area contributed by atoms with Crippen molar-refractivity contribution in [1.29, 1.82) is 0 Å². The second-order valence-electron chi connectivity index (χ2n) is 3.77. The van der Waals surface area contributed by atoms with Crippen LogP contribution in [0.5, 0.6) is 0 Å². The number of aliphatic hydroxyl groups excluding tert-OH is 1. The van der Waals surface area contributed by atoms with Crippen LogP contribution in [0.2, 0.25) is 0 Å². The fourth-order valence-electron chi connectivity index (χ4n) is 1.69. The number of anilines is 1. The predicted octanol–water partition coefficient (Wildman–Crippen LogP) is -0.259. The Kier molecular flexibility index (Phi) is 2.84. The maximum absolute atomic E-state index is 13.3. The average Bonchev–Trinajstić information content (AvgIpc) is 2.53. The minimum Gasteiger partial charge on any atom is -0.393 e. The Hall–Kier alpha value is -1.54. The van der Waals surface area contributed by atoms with Gasteiger partial charge in [-0.2, -0.15) is 4.98 Å². The van der Waals surface area contributed by atoms with Gasteiger partial charge in [-0.1, -0.05) is 0 Å². The number of nitrogens with two attached hydrogens (primary N) is 1. The molecule has 0 bridgehead atoms. The van der Waals surface area contributed by atoms with Crippen LogP contribution in [0, 0.1) is 0 Å². The Morgan fingerprint density at radius 1 is 1.71 bits per heavy atom. The van der Waals surface area contributed by atoms with E-state index in [4.69, 9.17) is 15.6 Å². The smallest absolute Gasteiger partial charge is 0.351 e. The van der Waals surface area contributed by atoms with Crippen molar-refractivity contribution in [3.8, 4) is 0 Å². The van der Waals surface area contributed by atoms with Gasteiger partial charge < -0.3 is 15.6 Å². The number of nitrogen functional groups attached to an aromatic ring is 1. The standard InChI is InChI=1S/C9H11F2N3O3/c10-9(11)3-7(17-5(9)4-15)14-2-1-6(12)13-8(14)16/h1-2,5,7,15H,3-4H2,(H2,12,13,16)/t5-,7-/m1/s1. The molecule has 1 aliphatic rings. The van der Waals surface area contributed by atoms with Gasteiger partial charge in [0.2, 0.25) is 0 Å². The van der Waals surface area contributed by atoms with E-state index in [2.05, 4.69) is 4.98 Å². The summed E-state index contributed by atoms with van der Waals surface area (Å²) in [6.07, 6.45) is -2.17. The lowest BCUT2D eigenvalue weighted by atomic mass is 10.2. The van der Waals surface area contributed by atoms with Crippen LogP contribution in [0.25, 0.3) is 0 Å². The molecule has 6 nitrogen and oxygen atoms in total. The number of ether oxygens (including phenoxy) is 1. The topological polar surface area (TPSA) is 90.4 Å². The molecule has 8 heteroatoms. The highest BCUT2D eigenvalue weighted by atomic mass is 19.3. The monoisotopic (exact) mass is 247 g/mol. The van der Waals surface area contributed by atoms with E-state index in [0.717, 1.165) is 4.57 Å². The molecule has 1 fully saturated rings. The molecule has 0 spiro atoms. The molecule has 0 unspecified atom stereocenters. The number of nitrogens with zero attached hydrogens (tertiary/aromatic N) is 2. The van der Waals surface area contributed by atoms with Crippen molar-refractivity contribution < 1.29 is 18.6 Å². The van der Waals surface area contributed by atoms with E-state index in [-0.39, 0.29) is 5.82 Å². The Morgan fingerprint density at radius 3 is 2.94 bits per heavy atom. The summed E-state index contributed by atoms with van der Waals surface area (Å²) in [5, 5.41) is 8.75. The molecule has 2 rings (SSSR count). The molecule has 2 atom stereocenters. The predicted molar refractivity (Wildman–Crippen MR) is 53.5 cm³/mol. The van der Waals surface area contributed by atoms with Crippen molar-refractivity contribution in [3.05, 3.63) is 22.7 Å².